The summed E-state index contributed by atoms with van der Waals surface area (Å²) in [5.74, 6) is 2.23. The highest BCUT2D eigenvalue weighted by Crippen LogP contribution is 2.01. The van der Waals surface area contributed by atoms with Crippen molar-refractivity contribution < 1.29 is 4.39 Å². The van der Waals surface area contributed by atoms with Gasteiger partial charge in [-0.3, -0.25) is 0 Å². The summed E-state index contributed by atoms with van der Waals surface area (Å²) in [6.07, 6.45) is 1.30. The van der Waals surface area contributed by atoms with Crippen LogP contribution in [0.25, 0.3) is 0 Å². The van der Waals surface area contributed by atoms with Gasteiger partial charge in [-0.05, 0) is 11.3 Å². The van der Waals surface area contributed by atoms with E-state index in [0.29, 0.717) is 5.56 Å². The predicted octanol–water partition coefficient (Wildman–Crippen LogP) is 1.83. The number of rotatable bonds is 0. The van der Waals surface area contributed by atoms with E-state index in [1.165, 1.54) is 17.5 Å². The standard InChI is InChI=1S/C6H2FS/c7-3-1-6-2-4-8-5-6/h4-5H. The Hall–Kier alpha value is -0.810. The fraction of sp³-hybridized carbons (Fsp3) is 0. The van der Waals surface area contributed by atoms with E-state index in [-0.39, 0.29) is 0 Å². The quantitative estimate of drug-likeness (QED) is 0.464. The third-order valence-corrected chi connectivity index (χ3v) is 1.28. The molecular weight excluding hydrogens is 123 g/mol. The molecule has 0 N–H and O–H groups in total. The van der Waals surface area contributed by atoms with Crippen molar-refractivity contribution in [1.82, 2.24) is 0 Å². The Balaban J connectivity index is 2.88. The first kappa shape index (κ1) is 5.33. The highest BCUT2D eigenvalue weighted by molar-refractivity contribution is 7.07. The molecule has 1 rings (SSSR count). The van der Waals surface area contributed by atoms with Crippen LogP contribution in [0.15, 0.2) is 10.8 Å². The lowest BCUT2D eigenvalue weighted by Crippen LogP contribution is -1.57. The van der Waals surface area contributed by atoms with Gasteiger partial charge in [0.05, 0.1) is 0 Å². The Morgan fingerprint density at radius 1 is 1.75 bits per heavy atom. The molecule has 0 amide bonds. The zero-order chi connectivity index (χ0) is 5.82. The Labute approximate surface area is 51.0 Å². The molecule has 2 heteroatoms. The van der Waals surface area contributed by atoms with Gasteiger partial charge in [0, 0.05) is 17.0 Å². The number of hydrogen-bond acceptors (Lipinski definition) is 1. The molecule has 0 spiro atoms. The minimum Gasteiger partial charge on any atom is -0.150 e. The second kappa shape index (κ2) is 2.49. The van der Waals surface area contributed by atoms with E-state index < -0.39 is 0 Å². The molecule has 0 unspecified atom stereocenters. The van der Waals surface area contributed by atoms with Crippen molar-refractivity contribution in [3.63, 3.8) is 0 Å². The summed E-state index contributed by atoms with van der Waals surface area (Å²) >= 11 is 1.45. The summed E-state index contributed by atoms with van der Waals surface area (Å²) in [7, 11) is 0. The molecule has 0 aliphatic carbocycles. The number of halogens is 1. The van der Waals surface area contributed by atoms with Crippen LogP contribution in [0.4, 0.5) is 4.39 Å². The first-order chi connectivity index (χ1) is 3.93. The van der Waals surface area contributed by atoms with E-state index >= 15 is 0 Å². The third-order valence-electron chi connectivity index (χ3n) is 0.650. The average Bonchev–Trinajstić information content (AvgIpc) is 2.19. The molecule has 1 radical (unpaired) electrons. The SMILES string of the molecule is FC#Cc1[c]csc1. The van der Waals surface area contributed by atoms with Crippen LogP contribution in [-0.2, 0) is 0 Å². The van der Waals surface area contributed by atoms with E-state index in [1.807, 2.05) is 0 Å². The molecule has 0 saturated heterocycles. The lowest BCUT2D eigenvalue weighted by molar-refractivity contribution is 0.774. The Morgan fingerprint density at radius 3 is 3.12 bits per heavy atom. The Morgan fingerprint density at radius 2 is 2.62 bits per heavy atom. The van der Waals surface area contributed by atoms with Gasteiger partial charge in [0.2, 0.25) is 0 Å². The normalized spacial score (nSPS) is 7.62. The third kappa shape index (κ3) is 1.08. The van der Waals surface area contributed by atoms with E-state index in [4.69, 9.17) is 0 Å². The lowest BCUT2D eigenvalue weighted by atomic mass is 10.4. The summed E-state index contributed by atoms with van der Waals surface area (Å²) < 4.78 is 11.2. The van der Waals surface area contributed by atoms with E-state index in [2.05, 4.69) is 12.0 Å². The van der Waals surface area contributed by atoms with Gasteiger partial charge in [-0.15, -0.1) is 4.39 Å². The van der Waals surface area contributed by atoms with Crippen LogP contribution in [0.5, 0.6) is 0 Å². The monoisotopic (exact) mass is 125 g/mol. The smallest absolute Gasteiger partial charge is 0.111 e. The van der Waals surface area contributed by atoms with E-state index in [0.717, 1.165) is 0 Å². The largest absolute Gasteiger partial charge is 0.150 e. The van der Waals surface area contributed by atoms with Crippen LogP contribution < -0.4 is 0 Å². The summed E-state index contributed by atoms with van der Waals surface area (Å²) in [5.41, 5.74) is 0.623. The van der Waals surface area contributed by atoms with Gasteiger partial charge >= 0.3 is 0 Å². The fourth-order valence-corrected chi connectivity index (χ4v) is 0.876. The lowest BCUT2D eigenvalue weighted by Gasteiger charge is -1.66. The molecule has 0 aliphatic heterocycles. The second-order valence-corrected chi connectivity index (χ2v) is 1.89. The maximum atomic E-state index is 11.2. The molecule has 0 fully saturated rings. The van der Waals surface area contributed by atoms with Crippen LogP contribution in [0.1, 0.15) is 5.56 Å². The van der Waals surface area contributed by atoms with Gasteiger partial charge in [-0.25, -0.2) is 0 Å². The molecule has 0 nitrogen and oxygen atoms in total. The topological polar surface area (TPSA) is 0 Å². The minimum absolute atomic E-state index is 0.623. The number of thiophene rings is 1. The van der Waals surface area contributed by atoms with Gasteiger partial charge in [0.25, 0.3) is 0 Å². The van der Waals surface area contributed by atoms with Crippen LogP contribution in [0.2, 0.25) is 0 Å². The van der Waals surface area contributed by atoms with Crippen LogP contribution >= 0.6 is 11.3 Å². The zero-order valence-corrected chi connectivity index (χ0v) is 4.76. The molecule has 0 aromatic carbocycles. The first-order valence-electron chi connectivity index (χ1n) is 1.99. The molecule has 1 heterocycles. The first-order valence-corrected chi connectivity index (χ1v) is 2.93. The van der Waals surface area contributed by atoms with Crippen molar-refractivity contribution in [2.75, 3.05) is 0 Å². The maximum absolute atomic E-state index is 11.2. The van der Waals surface area contributed by atoms with Gasteiger partial charge in [0.15, 0.2) is 0 Å². The second-order valence-electron chi connectivity index (χ2n) is 1.15. The van der Waals surface area contributed by atoms with E-state index in [1.54, 1.807) is 10.8 Å². The molecule has 0 atom stereocenters. The molecule has 1 aromatic heterocycles. The minimum atomic E-state index is 0.623. The molecule has 39 valence electrons. The molecule has 1 aromatic rings. The summed E-state index contributed by atoms with van der Waals surface area (Å²) in [6.45, 7) is 0. The van der Waals surface area contributed by atoms with Crippen molar-refractivity contribution in [1.29, 1.82) is 0 Å². The van der Waals surface area contributed by atoms with Crippen molar-refractivity contribution in [2.24, 2.45) is 0 Å². The molecule has 0 aliphatic rings. The van der Waals surface area contributed by atoms with Crippen molar-refractivity contribution >= 4 is 11.3 Å². The summed E-state index contributed by atoms with van der Waals surface area (Å²) in [6, 6.07) is 2.74. The Bertz CT molecular complexity index is 202. The fourth-order valence-electron chi connectivity index (χ4n) is 0.350. The predicted molar refractivity (Wildman–Crippen MR) is 31.1 cm³/mol. The zero-order valence-electron chi connectivity index (χ0n) is 3.94. The van der Waals surface area contributed by atoms with Crippen LogP contribution in [-0.4, -0.2) is 0 Å². The molecular formula is C6H2FS. The van der Waals surface area contributed by atoms with Gasteiger partial charge < -0.3 is 0 Å². The highest BCUT2D eigenvalue weighted by atomic mass is 32.1. The van der Waals surface area contributed by atoms with Gasteiger partial charge in [0.1, 0.15) is 6.17 Å². The van der Waals surface area contributed by atoms with Gasteiger partial charge in [-0.1, -0.05) is 0 Å². The maximum Gasteiger partial charge on any atom is 0.111 e. The summed E-state index contributed by atoms with van der Waals surface area (Å²) in [4.78, 5) is 0. The van der Waals surface area contributed by atoms with Crippen molar-refractivity contribution in [3.8, 4) is 12.1 Å². The highest BCUT2D eigenvalue weighted by Gasteiger charge is 1.82. The van der Waals surface area contributed by atoms with E-state index in [9.17, 15) is 4.39 Å². The molecule has 0 bridgehead atoms. The molecule has 8 heavy (non-hydrogen) atoms. The Kier molecular flexibility index (Phi) is 1.66. The van der Waals surface area contributed by atoms with Crippen LogP contribution in [0.3, 0.4) is 0 Å². The number of hydrogen-bond donors (Lipinski definition) is 0. The van der Waals surface area contributed by atoms with Crippen molar-refractivity contribution in [3.05, 3.63) is 22.4 Å². The van der Waals surface area contributed by atoms with Gasteiger partial charge in [-0.2, -0.15) is 11.3 Å². The van der Waals surface area contributed by atoms with Crippen LogP contribution in [0, 0.1) is 18.2 Å². The average molecular weight is 125 g/mol. The molecule has 0 saturated carbocycles. The van der Waals surface area contributed by atoms with Crippen molar-refractivity contribution in [2.45, 2.75) is 0 Å². The summed E-state index contributed by atoms with van der Waals surface area (Å²) in [5, 5.41) is 3.48.